The van der Waals surface area contributed by atoms with Crippen molar-refractivity contribution < 1.29 is 13.2 Å². The zero-order valence-corrected chi connectivity index (χ0v) is 20.5. The van der Waals surface area contributed by atoms with Gasteiger partial charge in [-0.25, -0.2) is 13.4 Å². The molecule has 0 unspecified atom stereocenters. The van der Waals surface area contributed by atoms with Gasteiger partial charge in [0.2, 0.25) is 0 Å². The Kier molecular flexibility index (Phi) is 6.92. The van der Waals surface area contributed by atoms with Gasteiger partial charge in [0.1, 0.15) is 0 Å². The number of sulfonamides is 1. The number of benzene rings is 3. The Morgan fingerprint density at radius 3 is 2.39 bits per heavy atom. The average Bonchev–Trinajstić information content (AvgIpc) is 3.24. The third kappa shape index (κ3) is 5.66. The molecule has 0 atom stereocenters. The number of hydrogen-bond donors (Lipinski definition) is 2. The number of halogens is 3. The number of aromatic nitrogens is 1. The molecule has 0 fully saturated rings. The van der Waals surface area contributed by atoms with Crippen molar-refractivity contribution >= 4 is 72.9 Å². The fourth-order valence-electron chi connectivity index (χ4n) is 2.84. The Morgan fingerprint density at radius 2 is 1.67 bits per heavy atom. The number of nitrogens with zero attached hydrogens (tertiary/aromatic N) is 1. The third-order valence-corrected chi connectivity index (χ3v) is 7.59. The van der Waals surface area contributed by atoms with Crippen LogP contribution in [-0.4, -0.2) is 19.3 Å². The Morgan fingerprint density at radius 1 is 0.909 bits per heavy atom. The molecule has 168 valence electrons. The van der Waals surface area contributed by atoms with Gasteiger partial charge >= 0.3 is 0 Å². The van der Waals surface area contributed by atoms with Crippen LogP contribution in [0.15, 0.2) is 77.0 Å². The molecule has 3 aromatic carbocycles. The third-order valence-electron chi connectivity index (χ3n) is 4.44. The summed E-state index contributed by atoms with van der Waals surface area (Å²) in [5, 5.41) is 6.16. The van der Waals surface area contributed by atoms with Crippen molar-refractivity contribution in [3.63, 3.8) is 0 Å². The van der Waals surface area contributed by atoms with E-state index in [1.165, 1.54) is 41.7 Å². The highest BCUT2D eigenvalue weighted by molar-refractivity contribution is 7.92. The highest BCUT2D eigenvalue weighted by Gasteiger charge is 2.16. The SMILES string of the molecule is O=C(Nc1nc(-c2ccc(Cl)c(Cl)c2)cs1)c1cccc(NS(=O)(=O)c2ccc(Cl)cc2)c1. The maximum absolute atomic E-state index is 12.7. The number of amides is 1. The molecule has 1 heterocycles. The zero-order chi connectivity index (χ0) is 23.6. The molecule has 0 aliphatic heterocycles. The number of carbonyl (C=O) groups is 1. The van der Waals surface area contributed by atoms with Crippen LogP contribution in [0.3, 0.4) is 0 Å². The molecule has 4 rings (SSSR count). The summed E-state index contributed by atoms with van der Waals surface area (Å²) >= 11 is 19.1. The van der Waals surface area contributed by atoms with Crippen LogP contribution in [0.2, 0.25) is 15.1 Å². The topological polar surface area (TPSA) is 88.2 Å². The Balaban J connectivity index is 1.48. The number of hydrogen-bond acceptors (Lipinski definition) is 5. The van der Waals surface area contributed by atoms with Crippen molar-refractivity contribution in [1.29, 1.82) is 0 Å². The van der Waals surface area contributed by atoms with Crippen LogP contribution in [-0.2, 0) is 10.0 Å². The summed E-state index contributed by atoms with van der Waals surface area (Å²) < 4.78 is 27.6. The van der Waals surface area contributed by atoms with Gasteiger partial charge < -0.3 is 0 Å². The first-order valence-corrected chi connectivity index (χ1v) is 12.8. The van der Waals surface area contributed by atoms with Crippen molar-refractivity contribution in [1.82, 2.24) is 4.98 Å². The minimum Gasteiger partial charge on any atom is -0.298 e. The van der Waals surface area contributed by atoms with E-state index in [-0.39, 0.29) is 16.1 Å². The standard InChI is InChI=1S/C22H14Cl3N3O3S2/c23-15-5-7-17(8-6-15)33(30,31)28-16-3-1-2-14(10-16)21(29)27-22-26-20(12-32-22)13-4-9-18(24)19(25)11-13/h1-12,28H,(H,26,27,29). The average molecular weight is 539 g/mol. The lowest BCUT2D eigenvalue weighted by Crippen LogP contribution is -2.15. The Hall–Kier alpha value is -2.62. The summed E-state index contributed by atoms with van der Waals surface area (Å²) in [6.45, 7) is 0. The van der Waals surface area contributed by atoms with E-state index in [9.17, 15) is 13.2 Å². The fourth-order valence-corrected chi connectivity index (χ4v) is 5.03. The fraction of sp³-hybridized carbons (Fsp3) is 0. The van der Waals surface area contributed by atoms with Crippen LogP contribution in [0.4, 0.5) is 10.8 Å². The maximum Gasteiger partial charge on any atom is 0.261 e. The van der Waals surface area contributed by atoms with Gasteiger partial charge in [-0.05, 0) is 54.6 Å². The van der Waals surface area contributed by atoms with E-state index in [1.807, 2.05) is 0 Å². The second-order valence-electron chi connectivity index (χ2n) is 6.76. The van der Waals surface area contributed by atoms with Gasteiger partial charge in [0.05, 0.1) is 20.6 Å². The summed E-state index contributed by atoms with van der Waals surface area (Å²) in [4.78, 5) is 17.2. The second-order valence-corrected chi connectivity index (χ2v) is 10.6. The van der Waals surface area contributed by atoms with Gasteiger partial charge in [-0.1, -0.05) is 46.9 Å². The lowest BCUT2D eigenvalue weighted by Gasteiger charge is -2.09. The first-order valence-electron chi connectivity index (χ1n) is 9.32. The normalized spacial score (nSPS) is 11.2. The second kappa shape index (κ2) is 9.70. The van der Waals surface area contributed by atoms with E-state index in [0.29, 0.717) is 25.9 Å². The zero-order valence-electron chi connectivity index (χ0n) is 16.6. The van der Waals surface area contributed by atoms with E-state index in [2.05, 4.69) is 15.0 Å². The monoisotopic (exact) mass is 537 g/mol. The molecule has 0 saturated heterocycles. The summed E-state index contributed by atoms with van der Waals surface area (Å²) in [6, 6.07) is 17.1. The van der Waals surface area contributed by atoms with Crippen molar-refractivity contribution in [2.45, 2.75) is 4.90 Å². The van der Waals surface area contributed by atoms with Crippen LogP contribution < -0.4 is 10.0 Å². The van der Waals surface area contributed by atoms with Gasteiger partial charge in [0, 0.05) is 27.2 Å². The lowest BCUT2D eigenvalue weighted by molar-refractivity contribution is 0.102. The molecule has 1 amide bonds. The minimum absolute atomic E-state index is 0.0550. The number of nitrogens with one attached hydrogen (secondary N) is 2. The molecule has 1 aromatic heterocycles. The highest BCUT2D eigenvalue weighted by atomic mass is 35.5. The highest BCUT2D eigenvalue weighted by Crippen LogP contribution is 2.30. The van der Waals surface area contributed by atoms with E-state index in [4.69, 9.17) is 34.8 Å². The molecule has 11 heteroatoms. The molecule has 0 aliphatic carbocycles. The van der Waals surface area contributed by atoms with Gasteiger partial charge in [0.25, 0.3) is 15.9 Å². The Labute approximate surface area is 209 Å². The van der Waals surface area contributed by atoms with Crippen molar-refractivity contribution in [3.05, 3.63) is 92.7 Å². The first kappa shape index (κ1) is 23.5. The predicted octanol–water partition coefficient (Wildman–Crippen LogP) is 6.82. The molecular weight excluding hydrogens is 525 g/mol. The molecule has 2 N–H and O–H groups in total. The van der Waals surface area contributed by atoms with Crippen LogP contribution in [0.25, 0.3) is 11.3 Å². The summed E-state index contributed by atoms with van der Waals surface area (Å²) in [5.74, 6) is -0.433. The van der Waals surface area contributed by atoms with E-state index in [1.54, 1.807) is 41.8 Å². The lowest BCUT2D eigenvalue weighted by atomic mass is 10.2. The molecule has 0 radical (unpaired) electrons. The minimum atomic E-state index is -3.84. The van der Waals surface area contributed by atoms with Gasteiger partial charge in [0.15, 0.2) is 5.13 Å². The maximum atomic E-state index is 12.7. The molecule has 0 bridgehead atoms. The smallest absolute Gasteiger partial charge is 0.261 e. The van der Waals surface area contributed by atoms with Crippen LogP contribution in [0.1, 0.15) is 10.4 Å². The van der Waals surface area contributed by atoms with Crippen molar-refractivity contribution in [2.24, 2.45) is 0 Å². The van der Waals surface area contributed by atoms with E-state index >= 15 is 0 Å². The summed E-state index contributed by atoms with van der Waals surface area (Å²) in [6.07, 6.45) is 0. The molecule has 33 heavy (non-hydrogen) atoms. The van der Waals surface area contributed by atoms with E-state index < -0.39 is 15.9 Å². The van der Waals surface area contributed by atoms with Crippen LogP contribution in [0, 0.1) is 0 Å². The quantitative estimate of drug-likeness (QED) is 0.282. The largest absolute Gasteiger partial charge is 0.298 e. The van der Waals surface area contributed by atoms with Crippen molar-refractivity contribution in [2.75, 3.05) is 10.0 Å². The van der Waals surface area contributed by atoms with Gasteiger partial charge in [-0.3, -0.25) is 14.8 Å². The van der Waals surface area contributed by atoms with Gasteiger partial charge in [-0.2, -0.15) is 0 Å². The molecule has 0 saturated carbocycles. The molecular formula is C22H14Cl3N3O3S2. The molecule has 0 aliphatic rings. The van der Waals surface area contributed by atoms with E-state index in [0.717, 1.165) is 5.56 Å². The number of anilines is 2. The van der Waals surface area contributed by atoms with Gasteiger partial charge in [-0.15, -0.1) is 11.3 Å². The number of carbonyl (C=O) groups excluding carboxylic acids is 1. The van der Waals surface area contributed by atoms with Crippen LogP contribution in [0.5, 0.6) is 0 Å². The molecule has 6 nitrogen and oxygen atoms in total. The number of thiazole rings is 1. The molecule has 0 spiro atoms. The summed E-state index contributed by atoms with van der Waals surface area (Å²) in [7, 11) is -3.84. The van der Waals surface area contributed by atoms with Crippen LogP contribution >= 0.6 is 46.1 Å². The summed E-state index contributed by atoms with van der Waals surface area (Å²) in [5.41, 5.74) is 1.91. The Bertz CT molecular complexity index is 1440. The predicted molar refractivity (Wildman–Crippen MR) is 134 cm³/mol. The first-order chi connectivity index (χ1) is 15.7. The number of rotatable bonds is 6. The molecule has 4 aromatic rings. The van der Waals surface area contributed by atoms with Crippen molar-refractivity contribution in [3.8, 4) is 11.3 Å².